The minimum Gasteiger partial charge on any atom is -0.497 e. The van der Waals surface area contributed by atoms with Gasteiger partial charge in [0.05, 0.1) is 20.3 Å². The van der Waals surface area contributed by atoms with E-state index in [0.717, 1.165) is 0 Å². The van der Waals surface area contributed by atoms with E-state index in [9.17, 15) is 9.50 Å². The van der Waals surface area contributed by atoms with Crippen LogP contribution in [0.5, 0.6) is 11.5 Å². The third-order valence-electron chi connectivity index (χ3n) is 3.02. The Morgan fingerprint density at radius 1 is 1.29 bits per heavy atom. The van der Waals surface area contributed by atoms with E-state index in [1.807, 2.05) is 0 Å². The van der Waals surface area contributed by atoms with Crippen molar-refractivity contribution in [3.63, 3.8) is 0 Å². The van der Waals surface area contributed by atoms with Gasteiger partial charge in [-0.2, -0.15) is 0 Å². The van der Waals surface area contributed by atoms with Gasteiger partial charge in [-0.25, -0.2) is 9.37 Å². The number of halogens is 1. The molecule has 2 rings (SSSR count). The maximum absolute atomic E-state index is 13.5. The Kier molecular flexibility index (Phi) is 4.94. The molecule has 1 atom stereocenters. The highest BCUT2D eigenvalue weighted by Gasteiger charge is 2.15. The van der Waals surface area contributed by atoms with Gasteiger partial charge in [-0.3, -0.25) is 0 Å². The maximum atomic E-state index is 13.5. The smallest absolute Gasteiger partial charge is 0.165 e. The van der Waals surface area contributed by atoms with Crippen molar-refractivity contribution >= 4 is 5.82 Å². The lowest BCUT2D eigenvalue weighted by Crippen LogP contribution is -2.14. The Balaban J connectivity index is 2.13. The summed E-state index contributed by atoms with van der Waals surface area (Å²) in [5, 5.41) is 13.0. The number of aliphatic hydroxyl groups is 1. The molecule has 0 aliphatic heterocycles. The number of ether oxygens (including phenoxy) is 2. The summed E-state index contributed by atoms with van der Waals surface area (Å²) < 4.78 is 23.8. The van der Waals surface area contributed by atoms with Crippen molar-refractivity contribution in [3.8, 4) is 11.5 Å². The first-order valence-corrected chi connectivity index (χ1v) is 6.40. The van der Waals surface area contributed by atoms with Gasteiger partial charge in [0.1, 0.15) is 11.5 Å². The van der Waals surface area contributed by atoms with Crippen LogP contribution in [0.1, 0.15) is 11.7 Å². The molecule has 0 bridgehead atoms. The van der Waals surface area contributed by atoms with Gasteiger partial charge in [-0.15, -0.1) is 0 Å². The number of anilines is 1. The number of hydrogen-bond donors (Lipinski definition) is 2. The number of rotatable bonds is 6. The minimum absolute atomic E-state index is 0.0947. The van der Waals surface area contributed by atoms with Crippen molar-refractivity contribution in [2.45, 2.75) is 6.10 Å². The van der Waals surface area contributed by atoms with E-state index in [4.69, 9.17) is 9.47 Å². The molecule has 112 valence electrons. The van der Waals surface area contributed by atoms with Gasteiger partial charge < -0.3 is 19.9 Å². The number of aliphatic hydroxyl groups excluding tert-OH is 1. The summed E-state index contributed by atoms with van der Waals surface area (Å²) in [6, 6.07) is 7.93. The van der Waals surface area contributed by atoms with Crippen molar-refractivity contribution in [1.82, 2.24) is 4.98 Å². The molecule has 0 amide bonds. The summed E-state index contributed by atoms with van der Waals surface area (Å²) in [4.78, 5) is 3.87. The van der Waals surface area contributed by atoms with Crippen LogP contribution in [-0.4, -0.2) is 30.9 Å². The Hall–Kier alpha value is -2.34. The van der Waals surface area contributed by atoms with Crippen molar-refractivity contribution in [3.05, 3.63) is 47.9 Å². The zero-order valence-electron chi connectivity index (χ0n) is 11.8. The average Bonchev–Trinajstić information content (AvgIpc) is 2.53. The third kappa shape index (κ3) is 3.61. The third-order valence-corrected chi connectivity index (χ3v) is 3.02. The molecule has 1 heterocycles. The second-order valence-electron chi connectivity index (χ2n) is 4.34. The van der Waals surface area contributed by atoms with Crippen LogP contribution in [-0.2, 0) is 0 Å². The van der Waals surface area contributed by atoms with Crippen LogP contribution < -0.4 is 14.8 Å². The van der Waals surface area contributed by atoms with E-state index >= 15 is 0 Å². The Labute approximate surface area is 122 Å². The lowest BCUT2D eigenvalue weighted by molar-refractivity contribution is 0.186. The molecule has 1 aromatic carbocycles. The Morgan fingerprint density at radius 2 is 2.10 bits per heavy atom. The summed E-state index contributed by atoms with van der Waals surface area (Å²) in [6.45, 7) is 0.0947. The highest BCUT2D eigenvalue weighted by Crippen LogP contribution is 2.29. The molecule has 0 aliphatic rings. The molecule has 0 aliphatic carbocycles. The normalized spacial score (nSPS) is 11.8. The number of pyridine rings is 1. The second kappa shape index (κ2) is 6.90. The first-order valence-electron chi connectivity index (χ1n) is 6.40. The van der Waals surface area contributed by atoms with Crippen molar-refractivity contribution in [2.24, 2.45) is 0 Å². The molecule has 1 aromatic heterocycles. The van der Waals surface area contributed by atoms with Gasteiger partial charge in [-0.05, 0) is 30.3 Å². The summed E-state index contributed by atoms with van der Waals surface area (Å²) in [6.07, 6.45) is 0.584. The Bertz CT molecular complexity index is 607. The largest absolute Gasteiger partial charge is 0.497 e. The van der Waals surface area contributed by atoms with E-state index in [1.54, 1.807) is 25.3 Å². The summed E-state index contributed by atoms with van der Waals surface area (Å²) >= 11 is 0. The monoisotopic (exact) mass is 292 g/mol. The molecule has 21 heavy (non-hydrogen) atoms. The molecule has 2 aromatic rings. The van der Waals surface area contributed by atoms with Gasteiger partial charge in [-0.1, -0.05) is 0 Å². The maximum Gasteiger partial charge on any atom is 0.165 e. The van der Waals surface area contributed by atoms with E-state index in [2.05, 4.69) is 10.3 Å². The number of benzene rings is 1. The fourth-order valence-electron chi connectivity index (χ4n) is 1.92. The van der Waals surface area contributed by atoms with Gasteiger partial charge in [0.2, 0.25) is 0 Å². The summed E-state index contributed by atoms with van der Waals surface area (Å²) in [7, 11) is 3.06. The molecule has 0 fully saturated rings. The van der Waals surface area contributed by atoms with Crippen LogP contribution in [0.25, 0.3) is 0 Å². The molecular formula is C15H17FN2O3. The van der Waals surface area contributed by atoms with Gasteiger partial charge >= 0.3 is 0 Å². The minimum atomic E-state index is -0.892. The van der Waals surface area contributed by atoms with E-state index < -0.39 is 11.9 Å². The first-order chi connectivity index (χ1) is 10.2. The summed E-state index contributed by atoms with van der Waals surface area (Å²) in [5.41, 5.74) is 0.556. The highest BCUT2D eigenvalue weighted by atomic mass is 19.1. The van der Waals surface area contributed by atoms with Crippen LogP contribution in [0.15, 0.2) is 36.5 Å². The standard InChI is InChI=1S/C15H17FN2O3/c1-20-10-5-6-14(21-2)11(8-10)13(19)9-18-15-12(16)4-3-7-17-15/h3-8,13,19H,9H2,1-2H3,(H,17,18)/t13-/m1/s1. The molecular weight excluding hydrogens is 275 g/mol. The SMILES string of the molecule is COc1ccc(OC)c([C@H](O)CNc2ncccc2F)c1. The van der Waals surface area contributed by atoms with Crippen LogP contribution in [0, 0.1) is 5.82 Å². The lowest BCUT2D eigenvalue weighted by atomic mass is 10.1. The van der Waals surface area contributed by atoms with Gasteiger partial charge in [0, 0.05) is 18.3 Å². The molecule has 2 N–H and O–H groups in total. The fraction of sp³-hybridized carbons (Fsp3) is 0.267. The summed E-state index contributed by atoms with van der Waals surface area (Å²) in [5.74, 6) is 0.765. The highest BCUT2D eigenvalue weighted by molar-refractivity contribution is 5.43. The topological polar surface area (TPSA) is 63.6 Å². The predicted octanol–water partition coefficient (Wildman–Crippen LogP) is 2.38. The zero-order chi connectivity index (χ0) is 15.2. The van der Waals surface area contributed by atoms with Crippen molar-refractivity contribution in [1.29, 1.82) is 0 Å². The molecule has 0 saturated carbocycles. The van der Waals surface area contributed by atoms with Crippen LogP contribution in [0.4, 0.5) is 10.2 Å². The molecule has 0 saturated heterocycles. The van der Waals surface area contributed by atoms with Gasteiger partial charge in [0.25, 0.3) is 0 Å². The molecule has 5 nitrogen and oxygen atoms in total. The molecule has 0 unspecified atom stereocenters. The molecule has 0 radical (unpaired) electrons. The second-order valence-corrected chi connectivity index (χ2v) is 4.34. The van der Waals surface area contributed by atoms with E-state index in [-0.39, 0.29) is 12.4 Å². The van der Waals surface area contributed by atoms with Gasteiger partial charge in [0.15, 0.2) is 11.6 Å². The van der Waals surface area contributed by atoms with Crippen LogP contribution in [0.3, 0.4) is 0 Å². The van der Waals surface area contributed by atoms with Crippen molar-refractivity contribution in [2.75, 3.05) is 26.1 Å². The van der Waals surface area contributed by atoms with Crippen molar-refractivity contribution < 1.29 is 19.0 Å². The molecule has 0 spiro atoms. The molecule has 6 heteroatoms. The van der Waals surface area contributed by atoms with Crippen LogP contribution >= 0.6 is 0 Å². The quantitative estimate of drug-likeness (QED) is 0.856. The first kappa shape index (κ1) is 15.1. The zero-order valence-corrected chi connectivity index (χ0v) is 11.8. The number of hydrogen-bond acceptors (Lipinski definition) is 5. The lowest BCUT2D eigenvalue weighted by Gasteiger charge is -2.17. The number of methoxy groups -OCH3 is 2. The number of nitrogens with one attached hydrogen (secondary N) is 1. The van der Waals surface area contributed by atoms with Crippen LogP contribution in [0.2, 0.25) is 0 Å². The predicted molar refractivity (Wildman–Crippen MR) is 77.2 cm³/mol. The number of nitrogens with zero attached hydrogens (tertiary/aromatic N) is 1. The Morgan fingerprint density at radius 3 is 2.76 bits per heavy atom. The fourth-order valence-corrected chi connectivity index (χ4v) is 1.92. The average molecular weight is 292 g/mol. The van der Waals surface area contributed by atoms with E-state index in [1.165, 1.54) is 25.4 Å². The van der Waals surface area contributed by atoms with E-state index in [0.29, 0.717) is 17.1 Å². The number of aromatic nitrogens is 1.